The fourth-order valence-electron chi connectivity index (χ4n) is 1.13. The van der Waals surface area contributed by atoms with Gasteiger partial charge in [0.15, 0.2) is 0 Å². The highest BCUT2D eigenvalue weighted by atomic mass is 33.1. The van der Waals surface area contributed by atoms with Gasteiger partial charge in [-0.3, -0.25) is 4.79 Å². The average molecular weight is 346 g/mol. The Bertz CT molecular complexity index is 441. The van der Waals surface area contributed by atoms with Gasteiger partial charge in [0.2, 0.25) is 0 Å². The van der Waals surface area contributed by atoms with Gasteiger partial charge in [-0.1, -0.05) is 40.6 Å². The number of nitrogen functional groups attached to an aromatic ring is 1. The summed E-state index contributed by atoms with van der Waals surface area (Å²) in [5, 5.41) is 0. The van der Waals surface area contributed by atoms with Crippen LogP contribution in [0, 0.1) is 0 Å². The van der Waals surface area contributed by atoms with Crippen LogP contribution in [-0.2, 0) is 20.9 Å². The zero-order valence-corrected chi connectivity index (χ0v) is 14.4. The molecule has 4 N–H and O–H groups in total. The molecule has 0 atom stereocenters. The van der Waals surface area contributed by atoms with Crippen LogP contribution >= 0.6 is 21.6 Å². The predicted molar refractivity (Wildman–Crippen MR) is 92.4 cm³/mol. The Morgan fingerprint density at radius 3 is 2.27 bits per heavy atom. The summed E-state index contributed by atoms with van der Waals surface area (Å²) in [4.78, 5) is 20.5. The first kappa shape index (κ1) is 20.5. The molecule has 0 unspecified atom stereocenters. The Balaban J connectivity index is 0.000000409. The van der Waals surface area contributed by atoms with Crippen molar-refractivity contribution in [1.82, 2.24) is 0 Å². The lowest BCUT2D eigenvalue weighted by Crippen LogP contribution is -2.12. The summed E-state index contributed by atoms with van der Waals surface area (Å²) < 4.78 is 9.28. The van der Waals surface area contributed by atoms with Gasteiger partial charge in [-0.25, -0.2) is 4.79 Å². The van der Waals surface area contributed by atoms with Crippen molar-refractivity contribution in [2.24, 2.45) is 5.73 Å². The summed E-state index contributed by atoms with van der Waals surface area (Å²) in [6.45, 7) is 4.25. The van der Waals surface area contributed by atoms with Gasteiger partial charge < -0.3 is 20.9 Å². The second-order valence-corrected chi connectivity index (χ2v) is 6.79. The number of carbonyl (C=O) groups is 2. The molecule has 1 aromatic rings. The van der Waals surface area contributed by atoms with Crippen LogP contribution in [0.25, 0.3) is 0 Å². The van der Waals surface area contributed by atoms with Crippen LogP contribution in [0.1, 0.15) is 19.4 Å². The quantitative estimate of drug-likeness (QED) is 0.338. The van der Waals surface area contributed by atoms with Gasteiger partial charge >= 0.3 is 12.1 Å². The molecule has 22 heavy (non-hydrogen) atoms. The summed E-state index contributed by atoms with van der Waals surface area (Å²) in [6.07, 6.45) is -0.771. The van der Waals surface area contributed by atoms with Crippen LogP contribution in [0.3, 0.4) is 0 Å². The van der Waals surface area contributed by atoms with Crippen molar-refractivity contribution in [2.75, 3.05) is 23.8 Å². The summed E-state index contributed by atoms with van der Waals surface area (Å²) in [5.41, 5.74) is 11.8. The Labute approximate surface area is 138 Å². The largest absolute Gasteiger partial charge is 0.465 e. The molecule has 0 spiro atoms. The number of amides is 1. The number of anilines is 1. The third-order valence-electron chi connectivity index (χ3n) is 2.03. The van der Waals surface area contributed by atoms with Crippen molar-refractivity contribution in [1.29, 1.82) is 0 Å². The number of esters is 1. The highest BCUT2D eigenvalue weighted by Crippen LogP contribution is 2.19. The molecular weight excluding hydrogens is 324 g/mol. The van der Waals surface area contributed by atoms with Gasteiger partial charge in [-0.05, 0) is 17.7 Å². The van der Waals surface area contributed by atoms with Gasteiger partial charge in [0.1, 0.15) is 13.2 Å². The molecule has 0 aromatic heterocycles. The summed E-state index contributed by atoms with van der Waals surface area (Å²) in [7, 11) is 3.52. The lowest BCUT2D eigenvalue weighted by atomic mass is 10.2. The highest BCUT2D eigenvalue weighted by Gasteiger charge is 1.95. The van der Waals surface area contributed by atoms with Gasteiger partial charge in [-0.15, -0.1) is 0 Å². The average Bonchev–Trinajstić information content (AvgIpc) is 2.47. The third kappa shape index (κ3) is 13.4. The molecule has 1 amide bonds. The number of nitrogens with two attached hydrogens (primary N) is 2. The Morgan fingerprint density at radius 2 is 1.77 bits per heavy atom. The van der Waals surface area contributed by atoms with Crippen LogP contribution in [-0.4, -0.2) is 30.2 Å². The summed E-state index contributed by atoms with van der Waals surface area (Å²) in [6, 6.07) is 7.02. The number of carbonyl (C=O) groups excluding carboxylic acids is 2. The fraction of sp³-hybridized carbons (Fsp3) is 0.429. The molecule has 0 fully saturated rings. The van der Waals surface area contributed by atoms with E-state index in [2.05, 4.69) is 11.7 Å². The SMILES string of the molecule is CCSSCCOC(C)=O.NC(=O)OCc1ccc(N)cc1. The maximum atomic E-state index is 10.2. The van der Waals surface area contributed by atoms with Crippen molar-refractivity contribution >= 4 is 39.3 Å². The molecule has 0 heterocycles. The second-order valence-electron chi connectivity index (χ2n) is 3.92. The van der Waals surface area contributed by atoms with E-state index in [1.54, 1.807) is 45.9 Å². The van der Waals surface area contributed by atoms with Crippen LogP contribution in [0.4, 0.5) is 10.5 Å². The maximum Gasteiger partial charge on any atom is 0.404 e. The van der Waals surface area contributed by atoms with Crippen molar-refractivity contribution in [2.45, 2.75) is 20.5 Å². The van der Waals surface area contributed by atoms with Crippen LogP contribution in [0.5, 0.6) is 0 Å². The van der Waals surface area contributed by atoms with Crippen molar-refractivity contribution in [3.8, 4) is 0 Å². The van der Waals surface area contributed by atoms with E-state index in [0.29, 0.717) is 12.3 Å². The van der Waals surface area contributed by atoms with Gasteiger partial charge in [0.05, 0.1) is 0 Å². The molecular formula is C14H22N2O4S2. The number of benzene rings is 1. The molecule has 6 nitrogen and oxygen atoms in total. The van der Waals surface area contributed by atoms with Crippen LogP contribution in [0.2, 0.25) is 0 Å². The first-order valence-electron chi connectivity index (χ1n) is 6.60. The Hall–Kier alpha value is -1.54. The van der Waals surface area contributed by atoms with E-state index >= 15 is 0 Å². The van der Waals surface area contributed by atoms with Gasteiger partial charge in [0.25, 0.3) is 0 Å². The normalized spacial score (nSPS) is 9.36. The molecule has 1 rings (SSSR count). The van der Waals surface area contributed by atoms with Gasteiger partial charge in [-0.2, -0.15) is 0 Å². The minimum atomic E-state index is -0.771. The van der Waals surface area contributed by atoms with E-state index < -0.39 is 6.09 Å². The molecule has 0 saturated heterocycles. The van der Waals surface area contributed by atoms with E-state index in [0.717, 1.165) is 17.1 Å². The van der Waals surface area contributed by atoms with E-state index in [4.69, 9.17) is 16.2 Å². The fourth-order valence-corrected chi connectivity index (χ4v) is 2.62. The van der Waals surface area contributed by atoms with E-state index in [-0.39, 0.29) is 12.6 Å². The molecule has 1 aromatic carbocycles. The smallest absolute Gasteiger partial charge is 0.404 e. The second kappa shape index (κ2) is 13.1. The minimum Gasteiger partial charge on any atom is -0.465 e. The first-order valence-corrected chi connectivity index (χ1v) is 9.09. The monoisotopic (exact) mass is 346 g/mol. The lowest BCUT2D eigenvalue weighted by Gasteiger charge is -2.01. The Morgan fingerprint density at radius 1 is 1.14 bits per heavy atom. The standard InChI is InChI=1S/C8H10N2O2.C6H12O2S2/c9-7-3-1-6(2-4-7)5-12-8(10)11;1-3-9-10-5-4-8-6(2)7/h1-4H,5,9H2,(H2,10,11);3-5H2,1-2H3. The number of hydrogen-bond donors (Lipinski definition) is 2. The number of hydrogen-bond acceptors (Lipinski definition) is 7. The molecule has 8 heteroatoms. The number of ether oxygens (including phenoxy) is 2. The molecule has 0 saturated carbocycles. The van der Waals surface area contributed by atoms with Crippen molar-refractivity contribution in [3.05, 3.63) is 29.8 Å². The summed E-state index contributed by atoms with van der Waals surface area (Å²) in [5.74, 6) is 1.80. The molecule has 0 radical (unpaired) electrons. The topological polar surface area (TPSA) is 105 Å². The van der Waals surface area contributed by atoms with Crippen LogP contribution in [0.15, 0.2) is 24.3 Å². The van der Waals surface area contributed by atoms with Crippen molar-refractivity contribution < 1.29 is 19.1 Å². The zero-order valence-electron chi connectivity index (χ0n) is 12.7. The predicted octanol–water partition coefficient (Wildman–Crippen LogP) is 2.81. The van der Waals surface area contributed by atoms with Crippen molar-refractivity contribution in [3.63, 3.8) is 0 Å². The maximum absolute atomic E-state index is 10.2. The summed E-state index contributed by atoms with van der Waals surface area (Å²) >= 11 is 0. The third-order valence-corrected chi connectivity index (χ3v) is 4.48. The Kier molecular flexibility index (Phi) is 12.2. The zero-order chi connectivity index (χ0) is 16.8. The van der Waals surface area contributed by atoms with E-state index in [9.17, 15) is 9.59 Å². The molecule has 0 aliphatic heterocycles. The van der Waals surface area contributed by atoms with Crippen LogP contribution < -0.4 is 11.5 Å². The minimum absolute atomic E-state index is 0.190. The van der Waals surface area contributed by atoms with E-state index in [1.165, 1.54) is 6.92 Å². The molecule has 0 aliphatic carbocycles. The lowest BCUT2D eigenvalue weighted by molar-refractivity contribution is -0.140. The molecule has 0 aliphatic rings. The van der Waals surface area contributed by atoms with Gasteiger partial charge in [0, 0.05) is 24.1 Å². The first-order chi connectivity index (χ1) is 10.5. The number of primary amides is 1. The van der Waals surface area contributed by atoms with E-state index in [1.807, 2.05) is 0 Å². The molecule has 124 valence electrons. The molecule has 0 bridgehead atoms. The number of rotatable bonds is 7. The highest BCUT2D eigenvalue weighted by molar-refractivity contribution is 8.76.